The van der Waals surface area contributed by atoms with Gasteiger partial charge < -0.3 is 4.90 Å². The third kappa shape index (κ3) is 4.73. The van der Waals surface area contributed by atoms with Crippen molar-refractivity contribution in [3.8, 4) is 0 Å². The SMILES string of the molecule is CC(C)CN1CCC(CC2CCN(C(C)(C)C)CC2)C1. The Morgan fingerprint density at radius 2 is 1.55 bits per heavy atom. The zero-order valence-electron chi connectivity index (χ0n) is 14.5. The summed E-state index contributed by atoms with van der Waals surface area (Å²) in [6, 6.07) is 0. The van der Waals surface area contributed by atoms with Crippen LogP contribution in [0.25, 0.3) is 0 Å². The summed E-state index contributed by atoms with van der Waals surface area (Å²) in [6.07, 6.45) is 5.80. The number of likely N-dealkylation sites (tertiary alicyclic amines) is 2. The van der Waals surface area contributed by atoms with Crippen molar-refractivity contribution in [2.24, 2.45) is 17.8 Å². The Balaban J connectivity index is 1.69. The molecule has 2 fully saturated rings. The molecule has 0 saturated carbocycles. The molecule has 0 aliphatic carbocycles. The quantitative estimate of drug-likeness (QED) is 0.771. The molecule has 2 saturated heterocycles. The smallest absolute Gasteiger partial charge is 0.0125 e. The third-order valence-corrected chi connectivity index (χ3v) is 5.22. The van der Waals surface area contributed by atoms with E-state index in [1.54, 1.807) is 0 Å². The minimum absolute atomic E-state index is 0.367. The molecular formula is C18H36N2. The molecule has 0 aromatic rings. The van der Waals surface area contributed by atoms with Gasteiger partial charge in [-0.25, -0.2) is 0 Å². The first-order valence-corrected chi connectivity index (χ1v) is 8.82. The Kier molecular flexibility index (Phi) is 5.53. The van der Waals surface area contributed by atoms with Crippen molar-refractivity contribution in [3.63, 3.8) is 0 Å². The lowest BCUT2D eigenvalue weighted by molar-refractivity contribution is 0.0808. The molecule has 1 unspecified atom stereocenters. The standard InChI is InChI=1S/C18H36N2/c1-15(2)13-19-9-6-17(14-19)12-16-7-10-20(11-8-16)18(3,4)5/h15-17H,6-14H2,1-5H3. The molecule has 2 aliphatic heterocycles. The van der Waals surface area contributed by atoms with Gasteiger partial charge in [-0.1, -0.05) is 13.8 Å². The number of piperidine rings is 1. The summed E-state index contributed by atoms with van der Waals surface area (Å²) in [6.45, 7) is 18.4. The van der Waals surface area contributed by atoms with E-state index in [0.29, 0.717) is 5.54 Å². The average Bonchev–Trinajstić information content (AvgIpc) is 2.75. The van der Waals surface area contributed by atoms with E-state index in [1.807, 2.05) is 0 Å². The third-order valence-electron chi connectivity index (χ3n) is 5.22. The van der Waals surface area contributed by atoms with Crippen molar-refractivity contribution in [2.45, 2.75) is 65.8 Å². The summed E-state index contributed by atoms with van der Waals surface area (Å²) in [7, 11) is 0. The predicted octanol–water partition coefficient (Wildman–Crippen LogP) is 3.86. The maximum atomic E-state index is 2.69. The van der Waals surface area contributed by atoms with Crippen LogP contribution in [0, 0.1) is 17.8 Å². The van der Waals surface area contributed by atoms with Gasteiger partial charge in [0.15, 0.2) is 0 Å². The Morgan fingerprint density at radius 1 is 0.950 bits per heavy atom. The van der Waals surface area contributed by atoms with Crippen molar-refractivity contribution in [3.05, 3.63) is 0 Å². The first-order chi connectivity index (χ1) is 9.34. The monoisotopic (exact) mass is 280 g/mol. The molecule has 0 spiro atoms. The highest BCUT2D eigenvalue weighted by molar-refractivity contribution is 4.84. The fraction of sp³-hybridized carbons (Fsp3) is 1.00. The lowest BCUT2D eigenvalue weighted by Gasteiger charge is -2.41. The molecule has 1 atom stereocenters. The van der Waals surface area contributed by atoms with Crippen LogP contribution < -0.4 is 0 Å². The fourth-order valence-electron chi connectivity index (χ4n) is 4.10. The van der Waals surface area contributed by atoms with Crippen LogP contribution in [-0.4, -0.2) is 48.1 Å². The van der Waals surface area contributed by atoms with E-state index < -0.39 is 0 Å². The highest BCUT2D eigenvalue weighted by Gasteiger charge is 2.30. The van der Waals surface area contributed by atoms with Crippen molar-refractivity contribution in [1.82, 2.24) is 9.80 Å². The molecule has 2 heteroatoms. The minimum atomic E-state index is 0.367. The predicted molar refractivity (Wildman–Crippen MR) is 88.1 cm³/mol. The van der Waals surface area contributed by atoms with Crippen LogP contribution in [0.1, 0.15) is 60.3 Å². The lowest BCUT2D eigenvalue weighted by atomic mass is 9.85. The summed E-state index contributed by atoms with van der Waals surface area (Å²) in [5, 5.41) is 0. The Morgan fingerprint density at radius 3 is 2.10 bits per heavy atom. The van der Waals surface area contributed by atoms with Crippen molar-refractivity contribution < 1.29 is 0 Å². The maximum Gasteiger partial charge on any atom is 0.0125 e. The van der Waals surface area contributed by atoms with E-state index >= 15 is 0 Å². The van der Waals surface area contributed by atoms with E-state index in [0.717, 1.165) is 17.8 Å². The zero-order valence-corrected chi connectivity index (χ0v) is 14.5. The van der Waals surface area contributed by atoms with Gasteiger partial charge >= 0.3 is 0 Å². The molecule has 2 heterocycles. The Bertz CT molecular complexity index is 284. The van der Waals surface area contributed by atoms with Gasteiger partial charge in [-0.3, -0.25) is 4.90 Å². The lowest BCUT2D eigenvalue weighted by Crippen LogP contribution is -2.46. The van der Waals surface area contributed by atoms with Gasteiger partial charge in [0.1, 0.15) is 0 Å². The van der Waals surface area contributed by atoms with Gasteiger partial charge in [-0.2, -0.15) is 0 Å². The topological polar surface area (TPSA) is 6.48 Å². The van der Waals surface area contributed by atoms with Crippen molar-refractivity contribution in [2.75, 3.05) is 32.7 Å². The summed E-state index contributed by atoms with van der Waals surface area (Å²) in [5.74, 6) is 2.81. The van der Waals surface area contributed by atoms with Crippen LogP contribution >= 0.6 is 0 Å². The molecule has 0 N–H and O–H groups in total. The van der Waals surface area contributed by atoms with Gasteiger partial charge in [-0.15, -0.1) is 0 Å². The molecule has 2 aliphatic rings. The van der Waals surface area contributed by atoms with Crippen LogP contribution in [0.5, 0.6) is 0 Å². The maximum absolute atomic E-state index is 2.69. The van der Waals surface area contributed by atoms with Crippen LogP contribution in [0.2, 0.25) is 0 Å². The van der Waals surface area contributed by atoms with Gasteiger partial charge in [0.2, 0.25) is 0 Å². The van der Waals surface area contributed by atoms with E-state index in [4.69, 9.17) is 0 Å². The largest absolute Gasteiger partial charge is 0.303 e. The summed E-state index contributed by atoms with van der Waals surface area (Å²) in [4.78, 5) is 5.36. The number of rotatable bonds is 4. The van der Waals surface area contributed by atoms with Crippen molar-refractivity contribution in [1.29, 1.82) is 0 Å². The summed E-state index contributed by atoms with van der Waals surface area (Å²) >= 11 is 0. The molecule has 0 aromatic carbocycles. The highest BCUT2D eigenvalue weighted by atomic mass is 15.2. The van der Waals surface area contributed by atoms with E-state index in [9.17, 15) is 0 Å². The fourth-order valence-corrected chi connectivity index (χ4v) is 4.10. The van der Waals surface area contributed by atoms with Gasteiger partial charge in [-0.05, 0) is 83.8 Å². The number of nitrogens with zero attached hydrogens (tertiary/aromatic N) is 2. The summed E-state index contributed by atoms with van der Waals surface area (Å²) < 4.78 is 0. The number of hydrogen-bond acceptors (Lipinski definition) is 2. The second-order valence-electron chi connectivity index (χ2n) is 8.65. The molecule has 0 amide bonds. The first kappa shape index (κ1) is 16.3. The molecule has 2 rings (SSSR count). The molecule has 2 nitrogen and oxygen atoms in total. The van der Waals surface area contributed by atoms with E-state index in [2.05, 4.69) is 44.4 Å². The molecular weight excluding hydrogens is 244 g/mol. The minimum Gasteiger partial charge on any atom is -0.303 e. The number of hydrogen-bond donors (Lipinski definition) is 0. The van der Waals surface area contributed by atoms with Gasteiger partial charge in [0.05, 0.1) is 0 Å². The summed E-state index contributed by atoms with van der Waals surface area (Å²) in [5.41, 5.74) is 0.367. The molecule has 0 radical (unpaired) electrons. The Labute approximate surface area is 126 Å². The molecule has 20 heavy (non-hydrogen) atoms. The normalized spacial score (nSPS) is 27.6. The molecule has 118 valence electrons. The van der Waals surface area contributed by atoms with E-state index in [1.165, 1.54) is 58.4 Å². The molecule has 0 aromatic heterocycles. The van der Waals surface area contributed by atoms with Crippen LogP contribution in [-0.2, 0) is 0 Å². The van der Waals surface area contributed by atoms with Crippen LogP contribution in [0.4, 0.5) is 0 Å². The van der Waals surface area contributed by atoms with Crippen LogP contribution in [0.15, 0.2) is 0 Å². The second kappa shape index (κ2) is 6.79. The van der Waals surface area contributed by atoms with E-state index in [-0.39, 0.29) is 0 Å². The molecule has 0 bridgehead atoms. The highest BCUT2D eigenvalue weighted by Crippen LogP contribution is 2.31. The Hall–Kier alpha value is -0.0800. The second-order valence-corrected chi connectivity index (χ2v) is 8.65. The van der Waals surface area contributed by atoms with Gasteiger partial charge in [0.25, 0.3) is 0 Å². The first-order valence-electron chi connectivity index (χ1n) is 8.82. The van der Waals surface area contributed by atoms with Gasteiger partial charge in [0, 0.05) is 18.6 Å². The van der Waals surface area contributed by atoms with Crippen LogP contribution in [0.3, 0.4) is 0 Å². The average molecular weight is 280 g/mol. The zero-order chi connectivity index (χ0) is 14.8. The van der Waals surface area contributed by atoms with Crippen molar-refractivity contribution >= 4 is 0 Å².